The molecular weight excluding hydrogens is 314 g/mol. The molecule has 3 rings (SSSR count). The molecule has 0 saturated carbocycles. The number of carbonyl (C=O) groups is 1. The number of imidazole rings is 1. The Balaban J connectivity index is 1.50. The highest BCUT2D eigenvalue weighted by Crippen LogP contribution is 2.17. The summed E-state index contributed by atoms with van der Waals surface area (Å²) in [6.45, 7) is 2.68. The Morgan fingerprint density at radius 3 is 2.83 bits per heavy atom. The highest BCUT2D eigenvalue weighted by molar-refractivity contribution is 7.16. The SMILES string of the molecule is Cc1ccc(OCCCc2nn3cc(CC(=O)O)nc3s2)cc1. The molecule has 7 heteroatoms. The minimum absolute atomic E-state index is 0.0736. The van der Waals surface area contributed by atoms with Crippen LogP contribution in [0.5, 0.6) is 5.75 Å². The van der Waals surface area contributed by atoms with Gasteiger partial charge in [-0.15, -0.1) is 0 Å². The lowest BCUT2D eigenvalue weighted by Crippen LogP contribution is -2.00. The average Bonchev–Trinajstić information content (AvgIpc) is 3.02. The molecule has 0 saturated heterocycles. The molecule has 120 valence electrons. The van der Waals surface area contributed by atoms with Gasteiger partial charge in [-0.25, -0.2) is 9.50 Å². The molecule has 2 aromatic heterocycles. The second kappa shape index (κ2) is 6.78. The smallest absolute Gasteiger partial charge is 0.309 e. The number of hydrogen-bond acceptors (Lipinski definition) is 5. The Kier molecular flexibility index (Phi) is 4.57. The van der Waals surface area contributed by atoms with Crippen molar-refractivity contribution in [1.29, 1.82) is 0 Å². The van der Waals surface area contributed by atoms with Gasteiger partial charge in [0.1, 0.15) is 10.8 Å². The number of carboxylic acids is 1. The second-order valence-corrected chi connectivity index (χ2v) is 6.33. The van der Waals surface area contributed by atoms with Crippen molar-refractivity contribution in [2.75, 3.05) is 6.61 Å². The third kappa shape index (κ3) is 4.07. The maximum atomic E-state index is 10.7. The van der Waals surface area contributed by atoms with Gasteiger partial charge in [-0.05, 0) is 25.5 Å². The Bertz CT molecular complexity index is 776. The Labute approximate surface area is 137 Å². The highest BCUT2D eigenvalue weighted by Gasteiger charge is 2.10. The van der Waals surface area contributed by atoms with Crippen molar-refractivity contribution in [2.45, 2.75) is 26.2 Å². The molecule has 6 nitrogen and oxygen atoms in total. The molecule has 0 atom stereocenters. The van der Waals surface area contributed by atoms with E-state index >= 15 is 0 Å². The summed E-state index contributed by atoms with van der Waals surface area (Å²) in [5.41, 5.74) is 1.75. The van der Waals surface area contributed by atoms with Gasteiger partial charge < -0.3 is 9.84 Å². The van der Waals surface area contributed by atoms with E-state index in [0.717, 1.165) is 28.6 Å². The summed E-state index contributed by atoms with van der Waals surface area (Å²) < 4.78 is 7.34. The van der Waals surface area contributed by atoms with E-state index in [1.54, 1.807) is 10.7 Å². The molecule has 0 aliphatic rings. The van der Waals surface area contributed by atoms with E-state index in [0.29, 0.717) is 12.3 Å². The minimum atomic E-state index is -0.885. The van der Waals surface area contributed by atoms with Crippen molar-refractivity contribution >= 4 is 22.3 Å². The Morgan fingerprint density at radius 2 is 2.13 bits per heavy atom. The van der Waals surface area contributed by atoms with E-state index in [1.165, 1.54) is 16.9 Å². The molecule has 3 aromatic rings. The molecular formula is C16H17N3O3S. The van der Waals surface area contributed by atoms with Crippen LogP contribution < -0.4 is 4.74 Å². The van der Waals surface area contributed by atoms with Crippen LogP contribution in [-0.2, 0) is 17.6 Å². The van der Waals surface area contributed by atoms with Crippen LogP contribution in [0.1, 0.15) is 22.7 Å². The van der Waals surface area contributed by atoms with E-state index < -0.39 is 5.97 Å². The molecule has 1 N–H and O–H groups in total. The van der Waals surface area contributed by atoms with Crippen molar-refractivity contribution in [2.24, 2.45) is 0 Å². The summed E-state index contributed by atoms with van der Waals surface area (Å²) >= 11 is 1.49. The summed E-state index contributed by atoms with van der Waals surface area (Å²) in [6.07, 6.45) is 3.28. The molecule has 1 aromatic carbocycles. The number of benzene rings is 1. The van der Waals surface area contributed by atoms with Gasteiger partial charge in [0.05, 0.1) is 24.9 Å². The molecule has 0 aliphatic carbocycles. The van der Waals surface area contributed by atoms with E-state index in [4.69, 9.17) is 9.84 Å². The number of aromatic nitrogens is 3. The fraction of sp³-hybridized carbons (Fsp3) is 0.312. The minimum Gasteiger partial charge on any atom is -0.494 e. The zero-order chi connectivity index (χ0) is 16.2. The Morgan fingerprint density at radius 1 is 1.35 bits per heavy atom. The van der Waals surface area contributed by atoms with Gasteiger partial charge in [0, 0.05) is 6.42 Å². The van der Waals surface area contributed by atoms with E-state index in [-0.39, 0.29) is 6.42 Å². The fourth-order valence-electron chi connectivity index (χ4n) is 2.18. The van der Waals surface area contributed by atoms with Crippen molar-refractivity contribution in [3.8, 4) is 5.75 Å². The molecule has 23 heavy (non-hydrogen) atoms. The van der Waals surface area contributed by atoms with E-state index in [2.05, 4.69) is 10.1 Å². The van der Waals surface area contributed by atoms with E-state index in [9.17, 15) is 4.79 Å². The van der Waals surface area contributed by atoms with Gasteiger partial charge in [0.25, 0.3) is 0 Å². The van der Waals surface area contributed by atoms with Crippen LogP contribution in [0.25, 0.3) is 4.96 Å². The molecule has 2 heterocycles. The first-order valence-electron chi connectivity index (χ1n) is 7.35. The molecule has 0 radical (unpaired) electrons. The molecule has 0 bridgehead atoms. The number of hydrogen-bond donors (Lipinski definition) is 1. The zero-order valence-corrected chi connectivity index (χ0v) is 13.5. The molecule has 0 spiro atoms. The van der Waals surface area contributed by atoms with Gasteiger partial charge in [-0.2, -0.15) is 5.10 Å². The molecule has 0 unspecified atom stereocenters. The lowest BCUT2D eigenvalue weighted by Gasteiger charge is -2.05. The van der Waals surface area contributed by atoms with E-state index in [1.807, 2.05) is 31.2 Å². The maximum Gasteiger partial charge on any atom is 0.309 e. The van der Waals surface area contributed by atoms with Crippen LogP contribution in [0.2, 0.25) is 0 Å². The fourth-order valence-corrected chi connectivity index (χ4v) is 3.11. The predicted octanol–water partition coefficient (Wildman–Crippen LogP) is 2.74. The number of carboxylic acid groups (broad SMARTS) is 1. The van der Waals surface area contributed by atoms with Crippen LogP contribution in [0.4, 0.5) is 0 Å². The third-order valence-corrected chi connectivity index (χ3v) is 4.27. The predicted molar refractivity (Wildman–Crippen MR) is 87.2 cm³/mol. The number of rotatable bonds is 7. The average molecular weight is 331 g/mol. The third-order valence-electron chi connectivity index (χ3n) is 3.29. The van der Waals surface area contributed by atoms with Crippen molar-refractivity contribution in [3.63, 3.8) is 0 Å². The zero-order valence-electron chi connectivity index (χ0n) is 12.7. The summed E-state index contributed by atoms with van der Waals surface area (Å²) in [5.74, 6) is -0.00733. The van der Waals surface area contributed by atoms with Crippen molar-refractivity contribution in [1.82, 2.24) is 14.6 Å². The van der Waals surface area contributed by atoms with Crippen LogP contribution in [0.3, 0.4) is 0 Å². The molecule has 0 fully saturated rings. The number of ether oxygens (including phenoxy) is 1. The molecule has 0 aliphatic heterocycles. The number of nitrogens with zero attached hydrogens (tertiary/aromatic N) is 3. The van der Waals surface area contributed by atoms with Gasteiger partial charge in [-0.3, -0.25) is 4.79 Å². The topological polar surface area (TPSA) is 76.7 Å². The number of fused-ring (bicyclic) bond motifs is 1. The highest BCUT2D eigenvalue weighted by atomic mass is 32.1. The van der Waals surface area contributed by atoms with Gasteiger partial charge in [0.2, 0.25) is 4.96 Å². The van der Waals surface area contributed by atoms with Crippen molar-refractivity contribution < 1.29 is 14.6 Å². The van der Waals surface area contributed by atoms with Crippen LogP contribution >= 0.6 is 11.3 Å². The van der Waals surface area contributed by atoms with Gasteiger partial charge in [-0.1, -0.05) is 29.0 Å². The standard InChI is InChI=1S/C16H17N3O3S/c1-11-4-6-13(7-5-11)22-8-2-3-14-18-19-10-12(9-15(20)21)17-16(19)23-14/h4-7,10H,2-3,8-9H2,1H3,(H,20,21). The first-order chi connectivity index (χ1) is 11.1. The van der Waals surface area contributed by atoms with Crippen LogP contribution in [-0.4, -0.2) is 32.3 Å². The first-order valence-corrected chi connectivity index (χ1v) is 8.17. The van der Waals surface area contributed by atoms with Gasteiger partial charge >= 0.3 is 5.97 Å². The van der Waals surface area contributed by atoms with Crippen molar-refractivity contribution in [3.05, 3.63) is 46.7 Å². The number of aryl methyl sites for hydroxylation is 2. The first kappa shape index (κ1) is 15.5. The van der Waals surface area contributed by atoms with Crippen LogP contribution in [0, 0.1) is 6.92 Å². The van der Waals surface area contributed by atoms with Gasteiger partial charge in [0.15, 0.2) is 0 Å². The summed E-state index contributed by atoms with van der Waals surface area (Å²) in [5, 5.41) is 14.2. The monoisotopic (exact) mass is 331 g/mol. The summed E-state index contributed by atoms with van der Waals surface area (Å²) in [4.78, 5) is 15.7. The summed E-state index contributed by atoms with van der Waals surface area (Å²) in [6, 6.07) is 7.99. The largest absolute Gasteiger partial charge is 0.494 e. The lowest BCUT2D eigenvalue weighted by molar-refractivity contribution is -0.136. The Hall–Kier alpha value is -2.41. The number of aliphatic carboxylic acids is 1. The molecule has 0 amide bonds. The quantitative estimate of drug-likeness (QED) is 0.674. The summed E-state index contributed by atoms with van der Waals surface area (Å²) in [7, 11) is 0. The normalized spacial score (nSPS) is 11.0. The van der Waals surface area contributed by atoms with Crippen LogP contribution in [0.15, 0.2) is 30.5 Å². The lowest BCUT2D eigenvalue weighted by atomic mass is 10.2. The second-order valence-electron chi connectivity index (χ2n) is 5.29. The maximum absolute atomic E-state index is 10.7.